The predicted molar refractivity (Wildman–Crippen MR) is 70.0 cm³/mol. The predicted octanol–water partition coefficient (Wildman–Crippen LogP) is 2.80. The summed E-state index contributed by atoms with van der Waals surface area (Å²) in [4.78, 5) is 0. The second kappa shape index (κ2) is 6.54. The molecule has 1 heterocycles. The maximum atomic E-state index is 3.55. The first-order valence-corrected chi connectivity index (χ1v) is 6.49. The third kappa shape index (κ3) is 3.53. The van der Waals surface area contributed by atoms with Gasteiger partial charge in [0.1, 0.15) is 0 Å². The van der Waals surface area contributed by atoms with Crippen LogP contribution in [0.3, 0.4) is 0 Å². The van der Waals surface area contributed by atoms with Crippen LogP contribution in [0.15, 0.2) is 24.3 Å². The van der Waals surface area contributed by atoms with Crippen LogP contribution in [0.2, 0.25) is 0 Å². The van der Waals surface area contributed by atoms with Gasteiger partial charge in [-0.2, -0.15) is 0 Å². The van der Waals surface area contributed by atoms with E-state index >= 15 is 0 Å². The topological polar surface area (TPSA) is 24.1 Å². The second-order valence-electron chi connectivity index (χ2n) is 4.50. The highest BCUT2D eigenvalue weighted by molar-refractivity contribution is 5.51. The van der Waals surface area contributed by atoms with E-state index in [-0.39, 0.29) is 0 Å². The molecule has 0 saturated heterocycles. The van der Waals surface area contributed by atoms with Gasteiger partial charge in [0.15, 0.2) is 0 Å². The van der Waals surface area contributed by atoms with Crippen LogP contribution in [0.1, 0.15) is 31.2 Å². The molecule has 0 aliphatic carbocycles. The number of rotatable bonds is 0. The van der Waals surface area contributed by atoms with Crippen LogP contribution in [0, 0.1) is 0 Å². The SMILES string of the molecule is c1ccc2c(c1)CCCCNCCCCN2. The Balaban J connectivity index is 1.99. The van der Waals surface area contributed by atoms with Crippen molar-refractivity contribution in [1.82, 2.24) is 5.32 Å². The van der Waals surface area contributed by atoms with Crippen molar-refractivity contribution in [2.45, 2.75) is 32.1 Å². The van der Waals surface area contributed by atoms with E-state index in [0.717, 1.165) is 6.54 Å². The van der Waals surface area contributed by atoms with Crippen LogP contribution in [0.25, 0.3) is 0 Å². The average molecular weight is 218 g/mol. The van der Waals surface area contributed by atoms with E-state index in [9.17, 15) is 0 Å². The third-order valence-electron chi connectivity index (χ3n) is 3.16. The lowest BCUT2D eigenvalue weighted by molar-refractivity contribution is 0.592. The molecular weight excluding hydrogens is 196 g/mol. The van der Waals surface area contributed by atoms with Crippen molar-refractivity contribution in [3.63, 3.8) is 0 Å². The van der Waals surface area contributed by atoms with Crippen molar-refractivity contribution < 1.29 is 0 Å². The lowest BCUT2D eigenvalue weighted by atomic mass is 10.1. The van der Waals surface area contributed by atoms with Gasteiger partial charge < -0.3 is 10.6 Å². The van der Waals surface area contributed by atoms with E-state index in [1.54, 1.807) is 0 Å². The van der Waals surface area contributed by atoms with Crippen molar-refractivity contribution in [3.05, 3.63) is 29.8 Å². The molecule has 2 nitrogen and oxygen atoms in total. The monoisotopic (exact) mass is 218 g/mol. The highest BCUT2D eigenvalue weighted by Crippen LogP contribution is 2.17. The minimum absolute atomic E-state index is 1.10. The fraction of sp³-hybridized carbons (Fsp3) is 0.571. The van der Waals surface area contributed by atoms with Crippen LogP contribution in [-0.4, -0.2) is 19.6 Å². The van der Waals surface area contributed by atoms with Gasteiger partial charge in [-0.3, -0.25) is 0 Å². The van der Waals surface area contributed by atoms with Gasteiger partial charge in [0.05, 0.1) is 0 Å². The van der Waals surface area contributed by atoms with Crippen molar-refractivity contribution in [2.24, 2.45) is 0 Å². The molecule has 2 heteroatoms. The first kappa shape index (κ1) is 11.5. The Labute approximate surface area is 98.4 Å². The third-order valence-corrected chi connectivity index (χ3v) is 3.16. The van der Waals surface area contributed by atoms with Crippen molar-refractivity contribution in [3.8, 4) is 0 Å². The molecule has 0 amide bonds. The highest BCUT2D eigenvalue weighted by atomic mass is 14.9. The van der Waals surface area contributed by atoms with E-state index in [1.165, 1.54) is 56.4 Å². The maximum Gasteiger partial charge on any atom is 0.0372 e. The quantitative estimate of drug-likeness (QED) is 0.699. The molecule has 0 bridgehead atoms. The van der Waals surface area contributed by atoms with E-state index in [0.29, 0.717) is 0 Å². The Morgan fingerprint density at radius 3 is 2.50 bits per heavy atom. The summed E-state index contributed by atoms with van der Waals surface area (Å²) < 4.78 is 0. The molecular formula is C14H22N2. The smallest absolute Gasteiger partial charge is 0.0372 e. The number of benzene rings is 1. The van der Waals surface area contributed by atoms with Crippen LogP contribution in [-0.2, 0) is 6.42 Å². The molecule has 0 fully saturated rings. The first-order chi connectivity index (χ1) is 7.97. The van der Waals surface area contributed by atoms with E-state index < -0.39 is 0 Å². The van der Waals surface area contributed by atoms with Crippen molar-refractivity contribution in [2.75, 3.05) is 25.0 Å². The van der Waals surface area contributed by atoms with Gasteiger partial charge in [0.25, 0.3) is 0 Å². The van der Waals surface area contributed by atoms with Gasteiger partial charge in [0.2, 0.25) is 0 Å². The molecule has 0 aromatic heterocycles. The summed E-state index contributed by atoms with van der Waals surface area (Å²) in [5.74, 6) is 0. The Morgan fingerprint density at radius 1 is 0.812 bits per heavy atom. The number of hydrogen-bond donors (Lipinski definition) is 2. The Hall–Kier alpha value is -1.02. The lowest BCUT2D eigenvalue weighted by Crippen LogP contribution is -2.18. The molecule has 1 aromatic rings. The molecule has 88 valence electrons. The molecule has 16 heavy (non-hydrogen) atoms. The normalized spacial score (nSPS) is 18.8. The summed E-state index contributed by atoms with van der Waals surface area (Å²) in [5.41, 5.74) is 2.82. The lowest BCUT2D eigenvalue weighted by Gasteiger charge is -2.13. The van der Waals surface area contributed by atoms with Crippen LogP contribution in [0.5, 0.6) is 0 Å². The van der Waals surface area contributed by atoms with E-state index in [4.69, 9.17) is 0 Å². The zero-order valence-corrected chi connectivity index (χ0v) is 9.97. The molecule has 0 atom stereocenters. The minimum atomic E-state index is 1.10. The van der Waals surface area contributed by atoms with Gasteiger partial charge in [-0.15, -0.1) is 0 Å². The Morgan fingerprint density at radius 2 is 1.56 bits per heavy atom. The summed E-state index contributed by atoms with van der Waals surface area (Å²) in [7, 11) is 0. The van der Waals surface area contributed by atoms with E-state index in [1.807, 2.05) is 0 Å². The van der Waals surface area contributed by atoms with Gasteiger partial charge >= 0.3 is 0 Å². The average Bonchev–Trinajstić information content (AvgIpc) is 2.30. The number of fused-ring (bicyclic) bond motifs is 1. The summed E-state index contributed by atoms with van der Waals surface area (Å²) in [6.07, 6.45) is 6.29. The summed E-state index contributed by atoms with van der Waals surface area (Å²) in [6.45, 7) is 3.44. The number of aryl methyl sites for hydroxylation is 1. The molecule has 0 radical (unpaired) electrons. The molecule has 1 aromatic carbocycles. The molecule has 2 rings (SSSR count). The summed E-state index contributed by atoms with van der Waals surface area (Å²) >= 11 is 0. The molecule has 0 spiro atoms. The summed E-state index contributed by atoms with van der Waals surface area (Å²) in [5, 5.41) is 7.05. The maximum absolute atomic E-state index is 3.55. The molecule has 1 aliphatic rings. The van der Waals surface area contributed by atoms with Gasteiger partial charge in [-0.1, -0.05) is 18.2 Å². The van der Waals surface area contributed by atoms with Crippen molar-refractivity contribution in [1.29, 1.82) is 0 Å². The number of hydrogen-bond acceptors (Lipinski definition) is 2. The molecule has 2 N–H and O–H groups in total. The molecule has 0 saturated carbocycles. The number of anilines is 1. The second-order valence-corrected chi connectivity index (χ2v) is 4.50. The molecule has 1 aliphatic heterocycles. The first-order valence-electron chi connectivity index (χ1n) is 6.49. The summed E-state index contributed by atoms with van der Waals surface area (Å²) in [6, 6.07) is 8.73. The fourth-order valence-electron chi connectivity index (χ4n) is 2.20. The number of nitrogens with one attached hydrogen (secondary N) is 2. The fourth-order valence-corrected chi connectivity index (χ4v) is 2.20. The van der Waals surface area contributed by atoms with E-state index in [2.05, 4.69) is 34.9 Å². The zero-order valence-electron chi connectivity index (χ0n) is 9.97. The minimum Gasteiger partial charge on any atom is -0.385 e. The highest BCUT2D eigenvalue weighted by Gasteiger charge is 2.02. The largest absolute Gasteiger partial charge is 0.385 e. The van der Waals surface area contributed by atoms with Gasteiger partial charge in [-0.25, -0.2) is 0 Å². The standard InChI is InChI=1S/C14H22N2/c1-2-9-14-13(7-1)8-3-4-10-15-11-5-6-12-16-14/h1-2,7,9,15-16H,3-6,8,10-12H2. The number of para-hydroxylation sites is 1. The zero-order chi connectivity index (χ0) is 11.1. The van der Waals surface area contributed by atoms with Gasteiger partial charge in [0, 0.05) is 12.2 Å². The van der Waals surface area contributed by atoms with Crippen LogP contribution < -0.4 is 10.6 Å². The molecule has 0 unspecified atom stereocenters. The van der Waals surface area contributed by atoms with Crippen molar-refractivity contribution >= 4 is 5.69 Å². The van der Waals surface area contributed by atoms with Crippen LogP contribution >= 0.6 is 0 Å². The van der Waals surface area contributed by atoms with Crippen LogP contribution in [0.4, 0.5) is 5.69 Å². The Kier molecular flexibility index (Phi) is 4.69. The van der Waals surface area contributed by atoms with Gasteiger partial charge in [-0.05, 0) is 56.8 Å². The Bertz CT molecular complexity index is 278.